The minimum absolute atomic E-state index is 0.110. The third-order valence-corrected chi connectivity index (χ3v) is 7.48. The highest BCUT2D eigenvalue weighted by Gasteiger charge is 2.97. The first-order chi connectivity index (χ1) is 19.1. The summed E-state index contributed by atoms with van der Waals surface area (Å²) in [5.41, 5.74) is -1.26. The van der Waals surface area contributed by atoms with Crippen molar-refractivity contribution < 1.29 is 102 Å². The highest BCUT2D eigenvalue weighted by molar-refractivity contribution is 5.90. The topological polar surface area (TPSA) is 26.3 Å². The average molecular weight is 698 g/mol. The predicted octanol–water partition coefficient (Wildman–Crippen LogP) is 8.95. The molecule has 0 saturated heterocycles. The quantitative estimate of drug-likeness (QED) is 0.109. The molecule has 0 amide bonds. The van der Waals surface area contributed by atoms with Gasteiger partial charge in [-0.1, -0.05) is 13.0 Å². The Morgan fingerprint density at radius 1 is 0.614 bits per heavy atom. The van der Waals surface area contributed by atoms with E-state index in [9.17, 15) is 97.0 Å². The third kappa shape index (κ3) is 4.78. The second kappa shape index (κ2) is 10.1. The standard InChI is InChI=1S/C21H15F21O2/c1-8(11-4-2-3-9(11)7-11)10(43)44-6-5-12(22,23)13(24,25)14(26,27)15(28,29)16(30,31)17(32,33)18(34,35)19(36,37)20(38,39)21(40,41)42/h9H,1-7H2. The van der Waals surface area contributed by atoms with Gasteiger partial charge in [0.15, 0.2) is 0 Å². The maximum absolute atomic E-state index is 14.0. The van der Waals surface area contributed by atoms with Crippen LogP contribution in [-0.4, -0.2) is 72.1 Å². The van der Waals surface area contributed by atoms with Crippen LogP contribution in [0.4, 0.5) is 92.2 Å². The van der Waals surface area contributed by atoms with Gasteiger partial charge in [-0.15, -0.1) is 0 Å². The zero-order valence-corrected chi connectivity index (χ0v) is 20.8. The largest absolute Gasteiger partial charge is 0.462 e. The molecule has 23 heteroatoms. The maximum atomic E-state index is 14.0. The van der Waals surface area contributed by atoms with Crippen molar-refractivity contribution >= 4 is 5.97 Å². The Morgan fingerprint density at radius 3 is 1.30 bits per heavy atom. The highest BCUT2D eigenvalue weighted by Crippen LogP contribution is 2.68. The van der Waals surface area contributed by atoms with Gasteiger partial charge in [0, 0.05) is 11.0 Å². The van der Waals surface area contributed by atoms with Crippen LogP contribution in [0.3, 0.4) is 0 Å². The lowest BCUT2D eigenvalue weighted by Crippen LogP contribution is -2.76. The highest BCUT2D eigenvalue weighted by atomic mass is 19.4. The fraction of sp³-hybridized carbons (Fsp3) is 0.857. The number of carbonyl (C=O) groups is 1. The third-order valence-electron chi connectivity index (χ3n) is 7.48. The molecule has 0 spiro atoms. The van der Waals surface area contributed by atoms with Crippen molar-refractivity contribution in [1.29, 1.82) is 0 Å². The van der Waals surface area contributed by atoms with Crippen LogP contribution < -0.4 is 0 Å². The van der Waals surface area contributed by atoms with Crippen LogP contribution in [-0.2, 0) is 9.53 Å². The maximum Gasteiger partial charge on any atom is 0.460 e. The van der Waals surface area contributed by atoms with Gasteiger partial charge in [0.1, 0.15) is 0 Å². The van der Waals surface area contributed by atoms with Crippen molar-refractivity contribution in [3.05, 3.63) is 12.2 Å². The van der Waals surface area contributed by atoms with E-state index in [-0.39, 0.29) is 5.92 Å². The minimum Gasteiger partial charge on any atom is -0.462 e. The molecule has 2 saturated carbocycles. The summed E-state index contributed by atoms with van der Waals surface area (Å²) >= 11 is 0. The van der Waals surface area contributed by atoms with Gasteiger partial charge in [-0.2, -0.15) is 92.2 Å². The van der Waals surface area contributed by atoms with Crippen LogP contribution in [0.15, 0.2) is 12.2 Å². The molecule has 2 atom stereocenters. The van der Waals surface area contributed by atoms with Crippen molar-refractivity contribution in [3.63, 3.8) is 0 Å². The molecule has 2 unspecified atom stereocenters. The number of rotatable bonds is 13. The van der Waals surface area contributed by atoms with Crippen molar-refractivity contribution in [2.24, 2.45) is 11.3 Å². The number of hydrogen-bond acceptors (Lipinski definition) is 2. The average Bonchev–Trinajstić information content (AvgIpc) is 3.41. The number of hydrogen-bond donors (Lipinski definition) is 0. The van der Waals surface area contributed by atoms with E-state index in [1.165, 1.54) is 0 Å². The zero-order valence-electron chi connectivity index (χ0n) is 20.8. The van der Waals surface area contributed by atoms with Crippen LogP contribution >= 0.6 is 0 Å². The van der Waals surface area contributed by atoms with Crippen molar-refractivity contribution in [2.45, 2.75) is 91.6 Å². The van der Waals surface area contributed by atoms with E-state index >= 15 is 0 Å². The Bertz CT molecular complexity index is 1140. The summed E-state index contributed by atoms with van der Waals surface area (Å²) in [6.07, 6.45) is -9.19. The number of halogens is 21. The molecule has 0 aromatic rings. The smallest absolute Gasteiger partial charge is 0.460 e. The van der Waals surface area contributed by atoms with Crippen LogP contribution in [0.2, 0.25) is 0 Å². The summed E-state index contributed by atoms with van der Waals surface area (Å²) < 4.78 is 285. The van der Waals surface area contributed by atoms with Crippen LogP contribution in [0.1, 0.15) is 32.1 Å². The molecular formula is C21H15F21O2. The van der Waals surface area contributed by atoms with Gasteiger partial charge in [-0.3, -0.25) is 0 Å². The fourth-order valence-electron chi connectivity index (χ4n) is 4.56. The Kier molecular flexibility index (Phi) is 8.72. The summed E-state index contributed by atoms with van der Waals surface area (Å²) in [5, 5.41) is 0. The molecule has 258 valence electrons. The summed E-state index contributed by atoms with van der Waals surface area (Å²) in [4.78, 5) is 11.9. The van der Waals surface area contributed by atoms with Gasteiger partial charge in [0.2, 0.25) is 0 Å². The van der Waals surface area contributed by atoms with Crippen LogP contribution in [0.5, 0.6) is 0 Å². The second-order valence-corrected chi connectivity index (χ2v) is 10.1. The Hall–Kier alpha value is -2.26. The molecule has 0 bridgehead atoms. The van der Waals surface area contributed by atoms with Gasteiger partial charge in [0.05, 0.1) is 13.0 Å². The van der Waals surface area contributed by atoms with Crippen LogP contribution in [0, 0.1) is 11.3 Å². The molecule has 2 fully saturated rings. The monoisotopic (exact) mass is 698 g/mol. The number of carbonyl (C=O) groups excluding carboxylic acids is 1. The molecule has 0 heterocycles. The first-order valence-electron chi connectivity index (χ1n) is 11.4. The van der Waals surface area contributed by atoms with Crippen molar-refractivity contribution in [3.8, 4) is 0 Å². The second-order valence-electron chi connectivity index (χ2n) is 10.1. The molecule has 0 N–H and O–H groups in total. The van der Waals surface area contributed by atoms with E-state index in [4.69, 9.17) is 0 Å². The molecule has 2 nitrogen and oxygen atoms in total. The lowest BCUT2D eigenvalue weighted by atomic mass is 9.86. The van der Waals surface area contributed by atoms with Crippen molar-refractivity contribution in [1.82, 2.24) is 0 Å². The normalized spacial score (nSPS) is 23.0. The first kappa shape index (κ1) is 37.9. The number of fused-ring (bicyclic) bond motifs is 1. The molecule has 2 aliphatic carbocycles. The molecule has 0 aromatic carbocycles. The Labute approximate surface area is 230 Å². The summed E-state index contributed by atoms with van der Waals surface area (Å²) in [6, 6.07) is 0. The molecule has 44 heavy (non-hydrogen) atoms. The first-order valence-corrected chi connectivity index (χ1v) is 11.4. The summed E-state index contributed by atoms with van der Waals surface area (Å²) in [7, 11) is 0. The molecule has 0 radical (unpaired) electrons. The zero-order chi connectivity index (χ0) is 35.2. The van der Waals surface area contributed by atoms with Gasteiger partial charge in [0.25, 0.3) is 0 Å². The number of ether oxygens (including phenoxy) is 1. The van der Waals surface area contributed by atoms with E-state index in [0.29, 0.717) is 25.7 Å². The van der Waals surface area contributed by atoms with Crippen molar-refractivity contribution in [2.75, 3.05) is 6.61 Å². The van der Waals surface area contributed by atoms with Gasteiger partial charge in [-0.05, 0) is 25.2 Å². The molecule has 0 aliphatic heterocycles. The molecule has 2 aliphatic rings. The lowest BCUT2D eigenvalue weighted by Gasteiger charge is -2.44. The van der Waals surface area contributed by atoms with Gasteiger partial charge < -0.3 is 4.74 Å². The molecular weight excluding hydrogens is 683 g/mol. The van der Waals surface area contributed by atoms with E-state index in [1.54, 1.807) is 0 Å². The number of esters is 1. The van der Waals surface area contributed by atoms with E-state index in [0.717, 1.165) is 0 Å². The summed E-state index contributed by atoms with van der Waals surface area (Å²) in [5.74, 6) is -79.2. The SMILES string of the molecule is C=C(C(=O)OCCC(F)(F)C(F)(F)C(F)(F)C(F)(F)C(F)(F)C(F)(F)C(F)(F)C(F)(F)C(F)(F)C(F)(F)F)C12CCCC1C2. The summed E-state index contributed by atoms with van der Waals surface area (Å²) in [6.45, 7) is 1.19. The minimum atomic E-state index is -9.22. The Morgan fingerprint density at radius 2 is 0.977 bits per heavy atom. The number of alkyl halides is 21. The van der Waals surface area contributed by atoms with Crippen LogP contribution in [0.25, 0.3) is 0 Å². The Balaban J connectivity index is 2.38. The lowest BCUT2D eigenvalue weighted by molar-refractivity contribution is -0.474. The van der Waals surface area contributed by atoms with E-state index < -0.39 is 89.5 Å². The van der Waals surface area contributed by atoms with E-state index in [2.05, 4.69) is 11.3 Å². The molecule has 0 aromatic heterocycles. The fourth-order valence-corrected chi connectivity index (χ4v) is 4.56. The van der Waals surface area contributed by atoms with E-state index in [1.807, 2.05) is 0 Å². The predicted molar refractivity (Wildman–Crippen MR) is 99.7 cm³/mol. The van der Waals surface area contributed by atoms with Gasteiger partial charge in [-0.25, -0.2) is 4.79 Å². The van der Waals surface area contributed by atoms with Gasteiger partial charge >= 0.3 is 65.4 Å². The molecule has 2 rings (SSSR count).